The highest BCUT2D eigenvalue weighted by Gasteiger charge is 2.17. The van der Waals surface area contributed by atoms with Gasteiger partial charge in [0.1, 0.15) is 5.69 Å². The molecule has 1 amide bonds. The number of nitrogens with zero attached hydrogens (tertiary/aromatic N) is 1. The summed E-state index contributed by atoms with van der Waals surface area (Å²) < 4.78 is 2.90. The number of carbonyl (C=O) groups excluding carboxylic acids is 1. The van der Waals surface area contributed by atoms with Crippen molar-refractivity contribution in [3.8, 4) is 0 Å². The quantitative estimate of drug-likeness (QED) is 0.884. The number of hydrogen-bond donors (Lipinski definition) is 2. The van der Waals surface area contributed by atoms with Crippen molar-refractivity contribution >= 4 is 34.2 Å². The minimum absolute atomic E-state index is 0. The van der Waals surface area contributed by atoms with Crippen LogP contribution in [-0.4, -0.2) is 30.1 Å². The van der Waals surface area contributed by atoms with E-state index in [9.17, 15) is 4.79 Å². The number of rotatable bonds is 4. The highest BCUT2D eigenvalue weighted by Crippen LogP contribution is 2.15. The Kier molecular flexibility index (Phi) is 6.18. The van der Waals surface area contributed by atoms with E-state index in [1.54, 1.807) is 0 Å². The average Bonchev–Trinajstić information content (AvgIpc) is 2.94. The number of amides is 1. The number of halogens is 2. The van der Waals surface area contributed by atoms with Crippen LogP contribution in [0.2, 0.25) is 0 Å². The minimum atomic E-state index is 0. The van der Waals surface area contributed by atoms with Gasteiger partial charge in [0.15, 0.2) is 0 Å². The molecule has 18 heavy (non-hydrogen) atoms. The molecule has 0 spiro atoms. The van der Waals surface area contributed by atoms with E-state index in [2.05, 4.69) is 26.6 Å². The summed E-state index contributed by atoms with van der Waals surface area (Å²) in [7, 11) is 0. The second kappa shape index (κ2) is 7.16. The van der Waals surface area contributed by atoms with E-state index in [0.717, 1.165) is 42.8 Å². The summed E-state index contributed by atoms with van der Waals surface area (Å²) in [5.74, 6) is 0.594. The third-order valence-corrected chi connectivity index (χ3v) is 3.58. The molecule has 0 radical (unpaired) electrons. The summed E-state index contributed by atoms with van der Waals surface area (Å²) in [5.41, 5.74) is 0.727. The van der Waals surface area contributed by atoms with Crippen LogP contribution >= 0.6 is 28.3 Å². The van der Waals surface area contributed by atoms with Crippen LogP contribution in [0, 0.1) is 5.92 Å². The number of nitrogens with one attached hydrogen (secondary N) is 2. The molecule has 4 nitrogen and oxygen atoms in total. The fraction of sp³-hybridized carbons (Fsp3) is 0.583. The highest BCUT2D eigenvalue weighted by molar-refractivity contribution is 9.10. The lowest BCUT2D eigenvalue weighted by Crippen LogP contribution is -2.31. The molecule has 1 fully saturated rings. The van der Waals surface area contributed by atoms with Gasteiger partial charge in [-0.3, -0.25) is 4.79 Å². The van der Waals surface area contributed by atoms with E-state index in [1.165, 1.54) is 0 Å². The smallest absolute Gasteiger partial charge is 0.267 e. The van der Waals surface area contributed by atoms with Crippen LogP contribution in [0.25, 0.3) is 0 Å². The molecule has 6 heteroatoms. The van der Waals surface area contributed by atoms with Gasteiger partial charge >= 0.3 is 0 Å². The minimum Gasteiger partial charge on any atom is -0.350 e. The van der Waals surface area contributed by atoms with E-state index in [0.29, 0.717) is 5.92 Å². The molecule has 0 bridgehead atoms. The van der Waals surface area contributed by atoms with Gasteiger partial charge < -0.3 is 15.2 Å². The van der Waals surface area contributed by atoms with Gasteiger partial charge in [0.05, 0.1) is 0 Å². The van der Waals surface area contributed by atoms with E-state index < -0.39 is 0 Å². The van der Waals surface area contributed by atoms with Crippen LogP contribution in [0.1, 0.15) is 23.8 Å². The molecule has 102 valence electrons. The monoisotopic (exact) mass is 335 g/mol. The van der Waals surface area contributed by atoms with E-state index in [4.69, 9.17) is 0 Å². The van der Waals surface area contributed by atoms with Crippen LogP contribution in [-0.2, 0) is 6.54 Å². The molecule has 1 aliphatic heterocycles. The molecule has 2 heterocycles. The Bertz CT molecular complexity index is 402. The van der Waals surface area contributed by atoms with Gasteiger partial charge in [0.2, 0.25) is 0 Å². The first-order valence-corrected chi connectivity index (χ1v) is 6.84. The molecule has 1 atom stereocenters. The van der Waals surface area contributed by atoms with E-state index in [-0.39, 0.29) is 18.3 Å². The Balaban J connectivity index is 0.00000162. The Labute approximate surface area is 122 Å². The summed E-state index contributed by atoms with van der Waals surface area (Å²) >= 11 is 3.40. The predicted octanol–water partition coefficient (Wildman–Crippen LogP) is 2.03. The fourth-order valence-electron chi connectivity index (χ4n) is 2.14. The SMILES string of the molecule is CCn1cc(Br)cc1C(=O)NCC1CCNC1.Cl. The second-order valence-electron chi connectivity index (χ2n) is 4.40. The van der Waals surface area contributed by atoms with Gasteiger partial charge in [-0.2, -0.15) is 0 Å². The van der Waals surface area contributed by atoms with E-state index >= 15 is 0 Å². The normalized spacial score (nSPS) is 18.4. The average molecular weight is 337 g/mol. The van der Waals surface area contributed by atoms with Crippen LogP contribution in [0.5, 0.6) is 0 Å². The first-order chi connectivity index (χ1) is 8.20. The largest absolute Gasteiger partial charge is 0.350 e. The molecule has 0 aromatic carbocycles. The Morgan fingerprint density at radius 1 is 1.67 bits per heavy atom. The molecular formula is C12H19BrClN3O. The number of hydrogen-bond acceptors (Lipinski definition) is 2. The summed E-state index contributed by atoms with van der Waals surface area (Å²) in [5, 5.41) is 6.31. The van der Waals surface area contributed by atoms with Crippen LogP contribution in [0.3, 0.4) is 0 Å². The van der Waals surface area contributed by atoms with Crippen LogP contribution < -0.4 is 10.6 Å². The van der Waals surface area contributed by atoms with Crippen molar-refractivity contribution in [1.82, 2.24) is 15.2 Å². The number of aromatic nitrogens is 1. The summed E-state index contributed by atoms with van der Waals surface area (Å²) in [6, 6.07) is 1.87. The summed E-state index contributed by atoms with van der Waals surface area (Å²) in [6.07, 6.45) is 3.09. The predicted molar refractivity (Wildman–Crippen MR) is 78.4 cm³/mol. The standard InChI is InChI=1S/C12H18BrN3O.ClH/c1-2-16-8-10(13)5-11(16)12(17)15-7-9-3-4-14-6-9;/h5,8-9,14H,2-4,6-7H2,1H3,(H,15,17);1H. The van der Waals surface area contributed by atoms with Gasteiger partial charge in [0.25, 0.3) is 5.91 Å². The lowest BCUT2D eigenvalue weighted by atomic mass is 10.1. The van der Waals surface area contributed by atoms with Crippen molar-refractivity contribution in [3.05, 3.63) is 22.4 Å². The maximum Gasteiger partial charge on any atom is 0.267 e. The van der Waals surface area contributed by atoms with Crippen molar-refractivity contribution in [1.29, 1.82) is 0 Å². The molecule has 2 rings (SSSR count). The molecule has 1 aliphatic rings. The molecule has 1 aromatic rings. The Hall–Kier alpha value is -0.520. The Morgan fingerprint density at radius 3 is 3.06 bits per heavy atom. The molecule has 0 saturated carbocycles. The highest BCUT2D eigenvalue weighted by atomic mass is 79.9. The molecule has 2 N–H and O–H groups in total. The molecule has 1 saturated heterocycles. The first-order valence-electron chi connectivity index (χ1n) is 6.05. The maximum atomic E-state index is 12.0. The van der Waals surface area contributed by atoms with Gasteiger partial charge in [-0.25, -0.2) is 0 Å². The molecule has 1 aromatic heterocycles. The third-order valence-electron chi connectivity index (χ3n) is 3.15. The van der Waals surface area contributed by atoms with Gasteiger partial charge in [-0.15, -0.1) is 12.4 Å². The van der Waals surface area contributed by atoms with Crippen LogP contribution in [0.15, 0.2) is 16.7 Å². The lowest BCUT2D eigenvalue weighted by Gasteiger charge is -2.11. The van der Waals surface area contributed by atoms with Crippen molar-refractivity contribution < 1.29 is 4.79 Å². The zero-order valence-corrected chi connectivity index (χ0v) is 12.8. The zero-order valence-electron chi connectivity index (χ0n) is 10.4. The summed E-state index contributed by atoms with van der Waals surface area (Å²) in [4.78, 5) is 12.0. The molecule has 0 aliphatic carbocycles. The molecular weight excluding hydrogens is 318 g/mol. The van der Waals surface area contributed by atoms with Crippen molar-refractivity contribution in [2.75, 3.05) is 19.6 Å². The van der Waals surface area contributed by atoms with E-state index in [1.807, 2.05) is 23.8 Å². The topological polar surface area (TPSA) is 46.1 Å². The van der Waals surface area contributed by atoms with Gasteiger partial charge in [-0.05, 0) is 54.3 Å². The lowest BCUT2D eigenvalue weighted by molar-refractivity contribution is 0.0939. The zero-order chi connectivity index (χ0) is 12.3. The Morgan fingerprint density at radius 2 is 2.44 bits per heavy atom. The van der Waals surface area contributed by atoms with Gasteiger partial charge in [0, 0.05) is 23.8 Å². The van der Waals surface area contributed by atoms with Crippen LogP contribution in [0.4, 0.5) is 0 Å². The van der Waals surface area contributed by atoms with Crippen molar-refractivity contribution in [2.24, 2.45) is 5.92 Å². The summed E-state index contributed by atoms with van der Waals surface area (Å²) in [6.45, 7) is 5.68. The fourth-order valence-corrected chi connectivity index (χ4v) is 2.61. The second-order valence-corrected chi connectivity index (χ2v) is 5.31. The number of aryl methyl sites for hydroxylation is 1. The third kappa shape index (κ3) is 3.73. The van der Waals surface area contributed by atoms with Gasteiger partial charge in [-0.1, -0.05) is 0 Å². The number of carbonyl (C=O) groups is 1. The van der Waals surface area contributed by atoms with Crippen molar-refractivity contribution in [2.45, 2.75) is 19.9 Å². The molecule has 1 unspecified atom stereocenters. The van der Waals surface area contributed by atoms with Crippen molar-refractivity contribution in [3.63, 3.8) is 0 Å². The maximum absolute atomic E-state index is 12.0. The first kappa shape index (κ1) is 15.5.